The average Bonchev–Trinajstić information content (AvgIpc) is 3.07. The van der Waals surface area contributed by atoms with Gasteiger partial charge in [-0.05, 0) is 56.0 Å². The number of furan rings is 1. The Kier molecular flexibility index (Phi) is 4.05. The lowest BCUT2D eigenvalue weighted by Gasteiger charge is -2.24. The van der Waals surface area contributed by atoms with Crippen LogP contribution in [0, 0.1) is 6.92 Å². The molecule has 0 amide bonds. The van der Waals surface area contributed by atoms with Crippen LogP contribution in [0.3, 0.4) is 0 Å². The molecule has 0 saturated heterocycles. The molecule has 1 aliphatic heterocycles. The predicted molar refractivity (Wildman–Crippen MR) is 119 cm³/mol. The maximum atomic E-state index is 6.10. The molecule has 29 heavy (non-hydrogen) atoms. The first-order chi connectivity index (χ1) is 14.0. The number of fused-ring (bicyclic) bond motifs is 3. The largest absolute Gasteiger partial charge is 0.439 e. The van der Waals surface area contributed by atoms with Crippen LogP contribution in [0.2, 0.25) is 6.82 Å². The molecule has 0 N–H and O–H groups in total. The van der Waals surface area contributed by atoms with Crippen LogP contribution in [-0.2, 0) is 7.05 Å². The van der Waals surface area contributed by atoms with Crippen molar-refractivity contribution < 1.29 is 8.98 Å². The molecule has 0 fully saturated rings. The highest BCUT2D eigenvalue weighted by atomic mass is 16.3. The lowest BCUT2D eigenvalue weighted by atomic mass is 9.61. The fourth-order valence-electron chi connectivity index (χ4n) is 4.29. The van der Waals surface area contributed by atoms with E-state index in [1.54, 1.807) is 0 Å². The van der Waals surface area contributed by atoms with E-state index in [1.807, 2.05) is 19.1 Å². The SMILES string of the molecule is CB1C=c2oc3nc(C)ccc3c2=C(C)N1c1cc(-c2ccccc2)cc[n+]1C. The van der Waals surface area contributed by atoms with Crippen molar-refractivity contribution in [3.8, 4) is 11.1 Å². The normalized spacial score (nSPS) is 13.6. The zero-order chi connectivity index (χ0) is 20.1. The van der Waals surface area contributed by atoms with Gasteiger partial charge in [0.25, 0.3) is 5.82 Å². The fourth-order valence-corrected chi connectivity index (χ4v) is 4.29. The topological polar surface area (TPSA) is 33.2 Å². The number of aryl methyl sites for hydroxylation is 2. The molecule has 0 atom stereocenters. The van der Waals surface area contributed by atoms with Gasteiger partial charge < -0.3 is 4.42 Å². The van der Waals surface area contributed by atoms with Gasteiger partial charge in [-0.2, -0.15) is 0 Å². The summed E-state index contributed by atoms with van der Waals surface area (Å²) in [5, 5.41) is 2.20. The molecule has 142 valence electrons. The van der Waals surface area contributed by atoms with Gasteiger partial charge in [0.15, 0.2) is 0 Å². The van der Waals surface area contributed by atoms with Crippen LogP contribution < -0.4 is 20.0 Å². The molecule has 1 aliphatic rings. The number of pyridine rings is 2. The number of nitrogens with zero attached hydrogens (tertiary/aromatic N) is 3. The molecule has 0 spiro atoms. The quantitative estimate of drug-likeness (QED) is 0.396. The van der Waals surface area contributed by atoms with Gasteiger partial charge in [-0.1, -0.05) is 30.3 Å². The zero-order valence-corrected chi connectivity index (χ0v) is 17.2. The van der Waals surface area contributed by atoms with Crippen molar-refractivity contribution >= 4 is 35.4 Å². The molecule has 4 nitrogen and oxygen atoms in total. The summed E-state index contributed by atoms with van der Waals surface area (Å²) in [6, 6.07) is 19.1. The lowest BCUT2D eigenvalue weighted by molar-refractivity contribution is -0.657. The van der Waals surface area contributed by atoms with Crippen molar-refractivity contribution in [2.45, 2.75) is 20.7 Å². The van der Waals surface area contributed by atoms with Gasteiger partial charge in [0.05, 0.1) is 29.5 Å². The Hall–Kier alpha value is -3.34. The highest BCUT2D eigenvalue weighted by Crippen LogP contribution is 2.26. The Labute approximate surface area is 170 Å². The smallest absolute Gasteiger partial charge is 0.405 e. The molecular formula is C24H23BN3O+. The molecule has 0 saturated carbocycles. The zero-order valence-electron chi connectivity index (χ0n) is 17.2. The summed E-state index contributed by atoms with van der Waals surface area (Å²) in [6.45, 7) is 6.53. The van der Waals surface area contributed by atoms with Crippen LogP contribution in [0.4, 0.5) is 5.82 Å². The van der Waals surface area contributed by atoms with E-state index in [0.717, 1.165) is 27.5 Å². The van der Waals surface area contributed by atoms with Crippen LogP contribution in [0.25, 0.3) is 33.9 Å². The molecule has 3 aromatic heterocycles. The minimum atomic E-state index is 0.168. The summed E-state index contributed by atoms with van der Waals surface area (Å²) in [4.78, 5) is 6.96. The van der Waals surface area contributed by atoms with Gasteiger partial charge in [0, 0.05) is 11.8 Å². The van der Waals surface area contributed by atoms with Crippen LogP contribution in [0.5, 0.6) is 0 Å². The Balaban J connectivity index is 1.74. The fraction of sp³-hybridized carbons (Fsp3) is 0.167. The first kappa shape index (κ1) is 17.7. The monoisotopic (exact) mass is 380 g/mol. The van der Waals surface area contributed by atoms with Crippen molar-refractivity contribution in [3.05, 3.63) is 77.1 Å². The molecule has 0 bridgehead atoms. The highest BCUT2D eigenvalue weighted by molar-refractivity contribution is 6.77. The number of benzene rings is 1. The van der Waals surface area contributed by atoms with Gasteiger partial charge >= 0.3 is 6.85 Å². The molecule has 5 heteroatoms. The Morgan fingerprint density at radius 2 is 1.79 bits per heavy atom. The van der Waals surface area contributed by atoms with E-state index in [4.69, 9.17) is 4.42 Å². The minimum Gasteiger partial charge on any atom is -0.439 e. The first-order valence-electron chi connectivity index (χ1n) is 9.96. The molecule has 5 rings (SSSR count). The van der Waals surface area contributed by atoms with Crippen molar-refractivity contribution in [3.63, 3.8) is 0 Å². The third-order valence-electron chi connectivity index (χ3n) is 5.72. The number of rotatable bonds is 2. The molecule has 4 heterocycles. The van der Waals surface area contributed by atoms with E-state index in [-0.39, 0.29) is 6.85 Å². The van der Waals surface area contributed by atoms with Gasteiger partial charge in [0.1, 0.15) is 5.42 Å². The van der Waals surface area contributed by atoms with E-state index in [1.165, 1.54) is 16.8 Å². The molecule has 0 radical (unpaired) electrons. The minimum absolute atomic E-state index is 0.168. The number of aromatic nitrogens is 2. The lowest BCUT2D eigenvalue weighted by Crippen LogP contribution is -2.50. The number of hydrogen-bond acceptors (Lipinski definition) is 3. The van der Waals surface area contributed by atoms with Crippen molar-refractivity contribution in [1.29, 1.82) is 0 Å². The molecule has 0 aliphatic carbocycles. The maximum Gasteiger partial charge on any atom is 0.405 e. The second-order valence-corrected chi connectivity index (χ2v) is 7.76. The van der Waals surface area contributed by atoms with Gasteiger partial charge in [-0.25, -0.2) is 9.55 Å². The molecule has 4 aromatic rings. The predicted octanol–water partition coefficient (Wildman–Crippen LogP) is 3.22. The average molecular weight is 380 g/mol. The summed E-state index contributed by atoms with van der Waals surface area (Å²) >= 11 is 0. The summed E-state index contributed by atoms with van der Waals surface area (Å²) in [5.41, 5.74) is 6.20. The van der Waals surface area contributed by atoms with Gasteiger partial charge in [0.2, 0.25) is 5.71 Å². The second-order valence-electron chi connectivity index (χ2n) is 7.76. The number of hydrogen-bond donors (Lipinski definition) is 0. The molecule has 1 aromatic carbocycles. The molecular weight excluding hydrogens is 357 g/mol. The van der Waals surface area contributed by atoms with E-state index in [0.29, 0.717) is 5.71 Å². The Bertz CT molecular complexity index is 1360. The van der Waals surface area contributed by atoms with Crippen LogP contribution in [-0.4, -0.2) is 11.8 Å². The Morgan fingerprint density at radius 3 is 2.59 bits per heavy atom. The third-order valence-corrected chi connectivity index (χ3v) is 5.72. The summed E-state index contributed by atoms with van der Waals surface area (Å²) < 4.78 is 8.28. The number of anilines is 1. The van der Waals surface area contributed by atoms with Gasteiger partial charge in [-0.15, -0.1) is 0 Å². The maximum absolute atomic E-state index is 6.10. The van der Waals surface area contributed by atoms with E-state index in [2.05, 4.69) is 89.8 Å². The van der Waals surface area contributed by atoms with Crippen LogP contribution >= 0.6 is 0 Å². The van der Waals surface area contributed by atoms with E-state index >= 15 is 0 Å². The first-order valence-corrected chi connectivity index (χ1v) is 9.96. The highest BCUT2D eigenvalue weighted by Gasteiger charge is 2.34. The van der Waals surface area contributed by atoms with Crippen molar-refractivity contribution in [2.75, 3.05) is 4.81 Å². The van der Waals surface area contributed by atoms with Crippen LogP contribution in [0.1, 0.15) is 12.6 Å². The second kappa shape index (κ2) is 6.62. The third kappa shape index (κ3) is 2.85. The van der Waals surface area contributed by atoms with E-state index in [9.17, 15) is 0 Å². The van der Waals surface area contributed by atoms with Crippen molar-refractivity contribution in [1.82, 2.24) is 4.98 Å². The molecule has 0 unspecified atom stereocenters. The summed E-state index contributed by atoms with van der Waals surface area (Å²) in [7, 11) is 2.10. The van der Waals surface area contributed by atoms with Crippen LogP contribution in [0.15, 0.2) is 65.2 Å². The van der Waals surface area contributed by atoms with E-state index < -0.39 is 0 Å². The summed E-state index contributed by atoms with van der Waals surface area (Å²) in [5.74, 6) is 3.34. The van der Waals surface area contributed by atoms with Gasteiger partial charge in [-0.3, -0.25) is 4.81 Å². The standard InChI is InChI=1S/C24H23BN3O/c1-16-10-11-20-23-17(2)28(25(3)15-21(23)29-24(20)26-16)22-14-19(12-13-27(22)4)18-8-6-5-7-9-18/h5-15H,1-4H3/q+1. The Morgan fingerprint density at radius 1 is 1.00 bits per heavy atom. The summed E-state index contributed by atoms with van der Waals surface area (Å²) in [6.07, 6.45) is 2.13. The van der Waals surface area contributed by atoms with Crippen molar-refractivity contribution in [2.24, 2.45) is 7.05 Å².